The number of aliphatic hydroxyl groups excluding tert-OH is 2. The van der Waals surface area contributed by atoms with Gasteiger partial charge >= 0.3 is 37.7 Å². The van der Waals surface area contributed by atoms with E-state index < -0.39 is 0 Å². The Kier molecular flexibility index (Phi) is 36.4. The zero-order chi connectivity index (χ0) is 13.9. The summed E-state index contributed by atoms with van der Waals surface area (Å²) >= 11 is 0. The molecule has 0 bridgehead atoms. The summed E-state index contributed by atoms with van der Waals surface area (Å²) < 4.78 is 0. The Balaban J connectivity index is -0.0000000711. The van der Waals surface area contributed by atoms with E-state index in [-0.39, 0.29) is 40.6 Å². The number of aliphatic hydroxyl groups is 2. The molecule has 0 saturated heterocycles. The number of hydrogen-bond donors (Lipinski definition) is 2. The van der Waals surface area contributed by atoms with Gasteiger partial charge in [0.2, 0.25) is 0 Å². The predicted octanol–water partition coefficient (Wildman–Crippen LogP) is 4.52. The summed E-state index contributed by atoms with van der Waals surface area (Å²) in [7, 11) is 0. The van der Waals surface area contributed by atoms with Gasteiger partial charge in [-0.2, -0.15) is 0 Å². The van der Waals surface area contributed by atoms with Crippen molar-refractivity contribution in [3.8, 4) is 0 Å². The summed E-state index contributed by atoms with van der Waals surface area (Å²) in [6.07, 6.45) is 15.0. The van der Waals surface area contributed by atoms with Crippen LogP contribution in [-0.2, 0) is 0 Å². The summed E-state index contributed by atoms with van der Waals surface area (Å²) in [6, 6.07) is 0. The minimum absolute atomic E-state index is 0. The van der Waals surface area contributed by atoms with Crippen LogP contribution in [0, 0.1) is 0 Å². The topological polar surface area (TPSA) is 40.5 Å². The smallest absolute Gasteiger partial charge is 1.00 e. The van der Waals surface area contributed by atoms with Gasteiger partial charge < -0.3 is 13.1 Å². The van der Waals surface area contributed by atoms with Crippen LogP contribution < -0.4 is 0 Å². The molecule has 0 aromatic rings. The number of rotatable bonds is 12. The monoisotopic (exact) mass is 302 g/mol. The van der Waals surface area contributed by atoms with Crippen molar-refractivity contribution in [3.05, 3.63) is 0 Å². The van der Waals surface area contributed by atoms with Crippen molar-refractivity contribution in [2.24, 2.45) is 0 Å². The van der Waals surface area contributed by atoms with Crippen molar-refractivity contribution in [1.82, 2.24) is 0 Å². The zero-order valence-electron chi connectivity index (χ0n) is 15.5. The molecule has 2 N–H and O–H groups in total. The third-order valence-electron chi connectivity index (χ3n) is 3.02. The predicted molar refractivity (Wildman–Crippen MR) is 88.9 cm³/mol. The Labute approximate surface area is 154 Å². The molecule has 0 amide bonds. The molecule has 0 aliphatic rings. The first-order valence-electron chi connectivity index (χ1n) is 8.05. The average molecular weight is 303 g/mol. The van der Waals surface area contributed by atoms with E-state index in [2.05, 4.69) is 13.8 Å². The fourth-order valence-electron chi connectivity index (χ4n) is 1.78. The van der Waals surface area contributed by atoms with Crippen molar-refractivity contribution in [1.29, 1.82) is 0 Å². The van der Waals surface area contributed by atoms with Gasteiger partial charge in [-0.25, -0.2) is 0 Å². The normalized spacial score (nSPS) is 9.47. The third kappa shape index (κ3) is 32.6. The van der Waals surface area contributed by atoms with Crippen molar-refractivity contribution in [2.75, 3.05) is 13.2 Å². The van der Waals surface area contributed by atoms with E-state index in [1.807, 2.05) is 0 Å². The second kappa shape index (κ2) is 27.5. The molecule has 116 valence electrons. The molecule has 0 fully saturated rings. The van der Waals surface area contributed by atoms with Gasteiger partial charge in [-0.05, 0) is 12.8 Å². The number of hydrogen-bond acceptors (Lipinski definition) is 2. The van der Waals surface area contributed by atoms with Gasteiger partial charge in [-0.3, -0.25) is 0 Å². The van der Waals surface area contributed by atoms with Crippen LogP contribution in [0.4, 0.5) is 0 Å². The summed E-state index contributed by atoms with van der Waals surface area (Å²) in [5.41, 5.74) is 0. The molecular formula is C16H38CaO2. The van der Waals surface area contributed by atoms with Crippen LogP contribution in [-0.4, -0.2) is 61.2 Å². The molecule has 0 radical (unpaired) electrons. The standard InChI is InChI=1S/2C8H18O.Ca.2H/c2*1-2-3-4-5-6-7-8-9;;;/h2*9H,2-8H2,1H3;;;/q;;+2;2*-1. The summed E-state index contributed by atoms with van der Waals surface area (Å²) in [4.78, 5) is 0. The van der Waals surface area contributed by atoms with Gasteiger partial charge in [-0.15, -0.1) is 0 Å². The van der Waals surface area contributed by atoms with Gasteiger partial charge in [0.05, 0.1) is 0 Å². The van der Waals surface area contributed by atoms with E-state index in [4.69, 9.17) is 10.2 Å². The van der Waals surface area contributed by atoms with Gasteiger partial charge in [0.15, 0.2) is 0 Å². The van der Waals surface area contributed by atoms with Crippen molar-refractivity contribution >= 4 is 37.7 Å². The molecule has 0 atom stereocenters. The maximum atomic E-state index is 8.42. The molecule has 0 spiro atoms. The zero-order valence-corrected chi connectivity index (χ0v) is 15.7. The molecule has 2 nitrogen and oxygen atoms in total. The van der Waals surface area contributed by atoms with Gasteiger partial charge in [-0.1, -0.05) is 78.1 Å². The molecule has 0 aliphatic carbocycles. The van der Waals surface area contributed by atoms with E-state index in [1.54, 1.807) is 0 Å². The maximum Gasteiger partial charge on any atom is 2.00 e. The Hall–Kier alpha value is 1.18. The van der Waals surface area contributed by atoms with Gasteiger partial charge in [0, 0.05) is 13.2 Å². The van der Waals surface area contributed by atoms with Crippen molar-refractivity contribution in [3.63, 3.8) is 0 Å². The molecule has 0 aromatic heterocycles. The molecule has 0 heterocycles. The first-order chi connectivity index (χ1) is 8.83. The summed E-state index contributed by atoms with van der Waals surface area (Å²) in [5.74, 6) is 0. The largest absolute Gasteiger partial charge is 2.00 e. The molecule has 0 rings (SSSR count). The molecule has 0 aromatic carbocycles. The molecule has 0 saturated carbocycles. The fraction of sp³-hybridized carbons (Fsp3) is 1.00. The third-order valence-corrected chi connectivity index (χ3v) is 3.02. The summed E-state index contributed by atoms with van der Waals surface area (Å²) in [6.45, 7) is 5.16. The van der Waals surface area contributed by atoms with Crippen LogP contribution in [0.2, 0.25) is 0 Å². The van der Waals surface area contributed by atoms with Crippen molar-refractivity contribution < 1.29 is 13.1 Å². The van der Waals surface area contributed by atoms with Crippen LogP contribution >= 0.6 is 0 Å². The average Bonchev–Trinajstić information content (AvgIpc) is 2.39. The van der Waals surface area contributed by atoms with Crippen LogP contribution in [0.25, 0.3) is 0 Å². The van der Waals surface area contributed by atoms with E-state index in [0.717, 1.165) is 12.8 Å². The van der Waals surface area contributed by atoms with E-state index in [9.17, 15) is 0 Å². The first kappa shape index (κ1) is 25.2. The second-order valence-electron chi connectivity index (χ2n) is 4.98. The van der Waals surface area contributed by atoms with Crippen LogP contribution in [0.15, 0.2) is 0 Å². The molecule has 19 heavy (non-hydrogen) atoms. The fourth-order valence-corrected chi connectivity index (χ4v) is 1.78. The molecular weight excluding hydrogens is 264 g/mol. The molecule has 3 heteroatoms. The van der Waals surface area contributed by atoms with Crippen molar-refractivity contribution in [2.45, 2.75) is 90.9 Å². The number of unbranched alkanes of at least 4 members (excludes halogenated alkanes) is 10. The van der Waals surface area contributed by atoms with Gasteiger partial charge in [0.25, 0.3) is 0 Å². The minimum atomic E-state index is 0. The van der Waals surface area contributed by atoms with E-state index in [0.29, 0.717) is 13.2 Å². The Morgan fingerprint density at radius 2 is 0.789 bits per heavy atom. The molecule has 0 unspecified atom stereocenters. The Morgan fingerprint density at radius 3 is 1.05 bits per heavy atom. The van der Waals surface area contributed by atoms with Crippen LogP contribution in [0.1, 0.15) is 93.8 Å². The second-order valence-corrected chi connectivity index (χ2v) is 4.98. The quantitative estimate of drug-likeness (QED) is 0.411. The van der Waals surface area contributed by atoms with Gasteiger partial charge in [0.1, 0.15) is 0 Å². The Bertz CT molecular complexity index is 105. The SMILES string of the molecule is CCCCCCCCO.CCCCCCCCO.[Ca+2].[H-].[H-]. The van der Waals surface area contributed by atoms with E-state index in [1.165, 1.54) is 64.2 Å². The van der Waals surface area contributed by atoms with Crippen LogP contribution in [0.3, 0.4) is 0 Å². The van der Waals surface area contributed by atoms with E-state index >= 15 is 0 Å². The first-order valence-corrected chi connectivity index (χ1v) is 8.05. The Morgan fingerprint density at radius 1 is 0.526 bits per heavy atom. The molecule has 0 aliphatic heterocycles. The summed E-state index contributed by atoms with van der Waals surface area (Å²) in [5, 5.41) is 16.8. The maximum absolute atomic E-state index is 8.42. The van der Waals surface area contributed by atoms with Crippen LogP contribution in [0.5, 0.6) is 0 Å². The minimum Gasteiger partial charge on any atom is -1.00 e.